The SMILES string of the molecule is COc1ccc([C@@H]2c3sc(=S)[nH]c3S[C@H]3[C@@H]4CC[C@H](C4)[C@H]23)cc1. The molecular weight excluding hydrogens is 342 g/mol. The van der Waals surface area contributed by atoms with Gasteiger partial charge in [-0.25, -0.2) is 0 Å². The molecule has 23 heavy (non-hydrogen) atoms. The molecule has 0 saturated heterocycles. The van der Waals surface area contributed by atoms with E-state index in [1.807, 2.05) is 0 Å². The van der Waals surface area contributed by atoms with Gasteiger partial charge in [-0.3, -0.25) is 0 Å². The average Bonchev–Trinajstić information content (AvgIpc) is 3.26. The number of thiazole rings is 1. The first-order valence-corrected chi connectivity index (χ1v) is 10.4. The van der Waals surface area contributed by atoms with Crippen molar-refractivity contribution in [2.75, 3.05) is 7.11 Å². The van der Waals surface area contributed by atoms with Crippen molar-refractivity contribution in [1.29, 1.82) is 0 Å². The van der Waals surface area contributed by atoms with Crippen molar-refractivity contribution in [3.63, 3.8) is 0 Å². The van der Waals surface area contributed by atoms with Crippen molar-refractivity contribution in [3.05, 3.63) is 38.7 Å². The molecule has 0 spiro atoms. The normalized spacial score (nSPS) is 34.2. The molecule has 2 saturated carbocycles. The largest absolute Gasteiger partial charge is 0.497 e. The maximum absolute atomic E-state index is 5.46. The number of fused-ring (bicyclic) bond motifs is 6. The van der Waals surface area contributed by atoms with E-state index in [9.17, 15) is 0 Å². The van der Waals surface area contributed by atoms with Crippen LogP contribution in [0.25, 0.3) is 0 Å². The zero-order chi connectivity index (χ0) is 15.6. The molecule has 0 radical (unpaired) electrons. The van der Waals surface area contributed by atoms with Gasteiger partial charge in [-0.2, -0.15) is 0 Å². The van der Waals surface area contributed by atoms with E-state index in [1.54, 1.807) is 18.4 Å². The molecule has 120 valence electrons. The Hall–Kier alpha value is -0.780. The first kappa shape index (κ1) is 14.6. The number of methoxy groups -OCH3 is 1. The molecule has 2 heterocycles. The van der Waals surface area contributed by atoms with Crippen LogP contribution in [0.1, 0.15) is 35.6 Å². The quantitative estimate of drug-likeness (QED) is 0.718. The summed E-state index contributed by atoms with van der Waals surface area (Å²) < 4.78 is 6.27. The summed E-state index contributed by atoms with van der Waals surface area (Å²) >= 11 is 9.33. The number of nitrogens with one attached hydrogen (secondary N) is 1. The molecule has 0 amide bonds. The maximum atomic E-state index is 5.46. The number of benzene rings is 1. The molecular formula is C18H19NOS3. The van der Waals surface area contributed by atoms with Gasteiger partial charge in [0.05, 0.1) is 12.1 Å². The van der Waals surface area contributed by atoms with E-state index >= 15 is 0 Å². The second-order valence-electron chi connectivity index (χ2n) is 6.95. The first-order valence-electron chi connectivity index (χ1n) is 8.28. The third-order valence-electron chi connectivity index (χ3n) is 5.94. The van der Waals surface area contributed by atoms with Crippen LogP contribution < -0.4 is 4.74 Å². The Kier molecular flexibility index (Phi) is 3.39. The van der Waals surface area contributed by atoms with Crippen LogP contribution in [0.3, 0.4) is 0 Å². The van der Waals surface area contributed by atoms with Crippen molar-refractivity contribution in [2.45, 2.75) is 35.5 Å². The van der Waals surface area contributed by atoms with E-state index in [0.717, 1.165) is 32.7 Å². The van der Waals surface area contributed by atoms with Crippen molar-refractivity contribution in [1.82, 2.24) is 4.98 Å². The third-order valence-corrected chi connectivity index (χ3v) is 8.92. The number of rotatable bonds is 2. The molecule has 1 N–H and O–H groups in total. The Bertz CT molecular complexity index is 793. The van der Waals surface area contributed by atoms with E-state index in [4.69, 9.17) is 17.0 Å². The molecule has 3 aliphatic rings. The topological polar surface area (TPSA) is 25.0 Å². The predicted octanol–water partition coefficient (Wildman–Crippen LogP) is 5.47. The van der Waals surface area contributed by atoms with Crippen LogP contribution in [0.5, 0.6) is 5.75 Å². The standard InChI is InChI=1S/C18H19NOS3/c1-20-12-6-4-9(5-7-12)13-14-10-2-3-11(8-10)15(14)22-17-16(13)23-18(21)19-17/h4-7,10-11,13-15H,2-3,8H2,1H3,(H,19,21)/t10-,11-,13+,14-,15+/m1/s1. The van der Waals surface area contributed by atoms with Crippen molar-refractivity contribution in [2.24, 2.45) is 17.8 Å². The molecule has 5 rings (SSSR count). The highest BCUT2D eigenvalue weighted by atomic mass is 32.2. The molecule has 2 bridgehead atoms. The Labute approximate surface area is 149 Å². The number of H-pyrrole nitrogens is 1. The van der Waals surface area contributed by atoms with Gasteiger partial charge in [0, 0.05) is 16.0 Å². The van der Waals surface area contributed by atoms with E-state index in [1.165, 1.54) is 34.7 Å². The zero-order valence-electron chi connectivity index (χ0n) is 13.0. The van der Waals surface area contributed by atoms with Crippen LogP contribution in [0.4, 0.5) is 0 Å². The number of thioether (sulfide) groups is 1. The van der Waals surface area contributed by atoms with Gasteiger partial charge in [-0.1, -0.05) is 12.1 Å². The number of ether oxygens (including phenoxy) is 1. The molecule has 5 heteroatoms. The fraction of sp³-hybridized carbons (Fsp3) is 0.500. The highest BCUT2D eigenvalue weighted by Gasteiger charge is 2.54. The minimum absolute atomic E-state index is 0.510. The number of aromatic amines is 1. The van der Waals surface area contributed by atoms with E-state index in [0.29, 0.717) is 5.92 Å². The van der Waals surface area contributed by atoms with Gasteiger partial charge < -0.3 is 9.72 Å². The first-order chi connectivity index (χ1) is 11.2. The van der Waals surface area contributed by atoms with Gasteiger partial charge in [0.15, 0.2) is 3.95 Å². The zero-order valence-corrected chi connectivity index (χ0v) is 15.4. The predicted molar refractivity (Wildman–Crippen MR) is 98.3 cm³/mol. The minimum Gasteiger partial charge on any atom is -0.497 e. The van der Waals surface area contributed by atoms with Crippen LogP contribution in [0, 0.1) is 21.7 Å². The van der Waals surface area contributed by atoms with Gasteiger partial charge >= 0.3 is 0 Å². The maximum Gasteiger partial charge on any atom is 0.159 e. The molecule has 1 aromatic heterocycles. The Balaban J connectivity index is 1.64. The lowest BCUT2D eigenvalue weighted by molar-refractivity contribution is 0.307. The summed E-state index contributed by atoms with van der Waals surface area (Å²) in [6, 6.07) is 8.72. The summed E-state index contributed by atoms with van der Waals surface area (Å²) in [5.74, 6) is 4.03. The highest BCUT2D eigenvalue weighted by molar-refractivity contribution is 8.00. The lowest BCUT2D eigenvalue weighted by Gasteiger charge is -2.40. The molecule has 0 unspecified atom stereocenters. The lowest BCUT2D eigenvalue weighted by atomic mass is 9.75. The fourth-order valence-electron chi connectivity index (χ4n) is 5.03. The average molecular weight is 362 g/mol. The highest BCUT2D eigenvalue weighted by Crippen LogP contribution is 2.64. The van der Waals surface area contributed by atoms with Crippen molar-refractivity contribution >= 4 is 35.3 Å². The summed E-state index contributed by atoms with van der Waals surface area (Å²) in [6.45, 7) is 0. The van der Waals surface area contributed by atoms with Crippen molar-refractivity contribution in [3.8, 4) is 5.75 Å². The summed E-state index contributed by atoms with van der Waals surface area (Å²) in [5, 5.41) is 2.11. The second kappa shape index (κ2) is 5.36. The van der Waals surface area contributed by atoms with Gasteiger partial charge in [0.25, 0.3) is 0 Å². The monoisotopic (exact) mass is 361 g/mol. The van der Waals surface area contributed by atoms with Gasteiger partial charge in [-0.15, -0.1) is 23.1 Å². The Morgan fingerprint density at radius 2 is 1.96 bits per heavy atom. The summed E-state index contributed by atoms with van der Waals surface area (Å²) in [4.78, 5) is 4.93. The molecule has 2 nitrogen and oxygen atoms in total. The summed E-state index contributed by atoms with van der Waals surface area (Å²) in [7, 11) is 1.73. The number of hydrogen-bond donors (Lipinski definition) is 1. The van der Waals surface area contributed by atoms with Gasteiger partial charge in [0.2, 0.25) is 0 Å². The molecule has 2 aliphatic carbocycles. The Morgan fingerprint density at radius 1 is 1.17 bits per heavy atom. The fourth-order valence-corrected chi connectivity index (χ4v) is 8.37. The second-order valence-corrected chi connectivity index (χ2v) is 9.86. The van der Waals surface area contributed by atoms with Crippen LogP contribution in [0.15, 0.2) is 29.3 Å². The van der Waals surface area contributed by atoms with Crippen LogP contribution in [-0.2, 0) is 0 Å². The van der Waals surface area contributed by atoms with Crippen LogP contribution >= 0.6 is 35.3 Å². The van der Waals surface area contributed by atoms with E-state index in [-0.39, 0.29) is 0 Å². The van der Waals surface area contributed by atoms with Gasteiger partial charge in [0.1, 0.15) is 5.75 Å². The number of aromatic nitrogens is 1. The van der Waals surface area contributed by atoms with Gasteiger partial charge in [-0.05, 0) is 66.9 Å². The lowest BCUT2D eigenvalue weighted by Crippen LogP contribution is -2.33. The smallest absolute Gasteiger partial charge is 0.159 e. The molecule has 2 aromatic rings. The van der Waals surface area contributed by atoms with E-state index < -0.39 is 0 Å². The van der Waals surface area contributed by atoms with Crippen LogP contribution in [-0.4, -0.2) is 17.3 Å². The third kappa shape index (κ3) is 2.16. The Morgan fingerprint density at radius 3 is 2.74 bits per heavy atom. The minimum atomic E-state index is 0.510. The number of hydrogen-bond acceptors (Lipinski definition) is 4. The molecule has 2 fully saturated rings. The van der Waals surface area contributed by atoms with E-state index in [2.05, 4.69) is 41.0 Å². The molecule has 1 aromatic carbocycles. The summed E-state index contributed by atoms with van der Waals surface area (Å²) in [5.41, 5.74) is 1.43. The molecule has 1 aliphatic heterocycles. The van der Waals surface area contributed by atoms with Crippen LogP contribution in [0.2, 0.25) is 0 Å². The summed E-state index contributed by atoms with van der Waals surface area (Å²) in [6.07, 6.45) is 4.28. The van der Waals surface area contributed by atoms with Crippen molar-refractivity contribution < 1.29 is 4.74 Å². The molecule has 5 atom stereocenters.